The molecule has 0 aliphatic heterocycles. The van der Waals surface area contributed by atoms with E-state index >= 15 is 0 Å². The van der Waals surface area contributed by atoms with Crippen molar-refractivity contribution in [3.63, 3.8) is 0 Å². The Morgan fingerprint density at radius 3 is 2.58 bits per heavy atom. The van der Waals surface area contributed by atoms with Gasteiger partial charge in [0.05, 0.1) is 18.1 Å². The van der Waals surface area contributed by atoms with E-state index in [0.29, 0.717) is 17.6 Å². The second-order valence-corrected chi connectivity index (χ2v) is 4.65. The second-order valence-electron chi connectivity index (χ2n) is 3.95. The summed E-state index contributed by atoms with van der Waals surface area (Å²) in [6.45, 7) is 0.452. The predicted octanol–water partition coefficient (Wildman–Crippen LogP) is 3.32. The van der Waals surface area contributed by atoms with Crippen LogP contribution >= 0.6 is 23.2 Å². The number of rotatable bonds is 2. The topological polar surface area (TPSA) is 43.6 Å². The first-order chi connectivity index (χ1) is 9.13. The molecule has 0 spiro atoms. The summed E-state index contributed by atoms with van der Waals surface area (Å²) in [5.74, 6) is -0.275. The largest absolute Gasteiger partial charge is 0.243 e. The van der Waals surface area contributed by atoms with Crippen molar-refractivity contribution in [3.8, 4) is 0 Å². The minimum absolute atomic E-state index is 0.0679. The fraction of sp³-hybridized carbons (Fsp3) is 0.0833. The van der Waals surface area contributed by atoms with E-state index in [1.165, 1.54) is 12.1 Å². The molecule has 0 radical (unpaired) electrons. The quantitative estimate of drug-likeness (QED) is 0.538. The minimum atomic E-state index is -0.275. The lowest BCUT2D eigenvalue weighted by Crippen LogP contribution is -2.03. The molecule has 96 valence electrons. The molecule has 0 N–H and O–H groups in total. The summed E-state index contributed by atoms with van der Waals surface area (Å²) < 4.78 is 14.5. The average molecular weight is 297 g/mol. The summed E-state index contributed by atoms with van der Waals surface area (Å²) in [5.41, 5.74) is 1.45. The Balaban J connectivity index is 2.03. The van der Waals surface area contributed by atoms with E-state index in [1.807, 2.05) is 0 Å². The normalized spacial score (nSPS) is 11.1. The second kappa shape index (κ2) is 4.75. The number of fused-ring (bicyclic) bond motifs is 1. The van der Waals surface area contributed by atoms with Crippen molar-refractivity contribution in [2.75, 3.05) is 0 Å². The summed E-state index contributed by atoms with van der Waals surface area (Å²) in [5, 5.41) is 5.16. The van der Waals surface area contributed by atoms with Gasteiger partial charge in [-0.05, 0) is 29.3 Å². The Morgan fingerprint density at radius 2 is 1.84 bits per heavy atom. The smallest absolute Gasteiger partial charge is 0.225 e. The first kappa shape index (κ1) is 12.3. The molecule has 0 amide bonds. The van der Waals surface area contributed by atoms with Gasteiger partial charge in [0.15, 0.2) is 5.65 Å². The Bertz CT molecular complexity index is 739. The number of halogens is 3. The molecule has 0 saturated heterocycles. The molecule has 3 rings (SSSR count). The Hall–Kier alpha value is -1.72. The molecule has 0 aliphatic rings. The molecule has 3 aromatic rings. The molecule has 0 unspecified atom stereocenters. The third-order valence-electron chi connectivity index (χ3n) is 2.67. The van der Waals surface area contributed by atoms with Crippen LogP contribution in [0.25, 0.3) is 11.0 Å². The highest BCUT2D eigenvalue weighted by Crippen LogP contribution is 2.22. The third kappa shape index (κ3) is 2.39. The molecule has 1 aromatic carbocycles. The van der Waals surface area contributed by atoms with Gasteiger partial charge in [-0.2, -0.15) is 10.1 Å². The molecule has 0 atom stereocenters. The van der Waals surface area contributed by atoms with E-state index < -0.39 is 0 Å². The van der Waals surface area contributed by atoms with Gasteiger partial charge in [-0.1, -0.05) is 23.7 Å². The van der Waals surface area contributed by atoms with Crippen molar-refractivity contribution < 1.29 is 4.39 Å². The number of nitrogens with zero attached hydrogens (tertiary/aromatic N) is 4. The van der Waals surface area contributed by atoms with Crippen LogP contribution in [0.15, 0.2) is 30.5 Å². The number of hydrogen-bond donors (Lipinski definition) is 0. The monoisotopic (exact) mass is 296 g/mol. The van der Waals surface area contributed by atoms with E-state index in [1.54, 1.807) is 23.0 Å². The fourth-order valence-corrected chi connectivity index (χ4v) is 2.20. The summed E-state index contributed by atoms with van der Waals surface area (Å²) >= 11 is 11.7. The van der Waals surface area contributed by atoms with Crippen LogP contribution in [-0.2, 0) is 6.54 Å². The van der Waals surface area contributed by atoms with E-state index in [9.17, 15) is 4.39 Å². The van der Waals surface area contributed by atoms with Crippen molar-refractivity contribution in [1.82, 2.24) is 19.7 Å². The molecule has 2 heterocycles. The van der Waals surface area contributed by atoms with Crippen LogP contribution in [0.3, 0.4) is 0 Å². The molecule has 0 saturated carbocycles. The predicted molar refractivity (Wildman–Crippen MR) is 70.8 cm³/mol. The highest BCUT2D eigenvalue weighted by atomic mass is 35.5. The molecular formula is C12H7Cl2FN4. The first-order valence-corrected chi connectivity index (χ1v) is 6.18. The van der Waals surface area contributed by atoms with Crippen molar-refractivity contribution in [2.45, 2.75) is 6.54 Å². The molecule has 4 nitrogen and oxygen atoms in total. The van der Waals surface area contributed by atoms with E-state index in [-0.39, 0.29) is 16.3 Å². The Labute approximate surface area is 117 Å². The van der Waals surface area contributed by atoms with Crippen molar-refractivity contribution in [2.24, 2.45) is 0 Å². The van der Waals surface area contributed by atoms with Crippen molar-refractivity contribution in [3.05, 3.63) is 52.3 Å². The highest BCUT2D eigenvalue weighted by molar-refractivity contribution is 6.35. The van der Waals surface area contributed by atoms with Crippen molar-refractivity contribution >= 4 is 34.2 Å². The zero-order valence-electron chi connectivity index (χ0n) is 9.52. The van der Waals surface area contributed by atoms with Gasteiger partial charge in [0.2, 0.25) is 5.28 Å². The molecular weight excluding hydrogens is 290 g/mol. The molecule has 7 heteroatoms. The van der Waals surface area contributed by atoms with Crippen LogP contribution in [0.1, 0.15) is 5.56 Å². The van der Waals surface area contributed by atoms with Gasteiger partial charge in [-0.25, -0.2) is 14.1 Å². The van der Waals surface area contributed by atoms with Gasteiger partial charge in [-0.3, -0.25) is 0 Å². The molecule has 2 aromatic heterocycles. The first-order valence-electron chi connectivity index (χ1n) is 5.42. The maximum absolute atomic E-state index is 12.8. The molecule has 19 heavy (non-hydrogen) atoms. The summed E-state index contributed by atoms with van der Waals surface area (Å²) in [4.78, 5) is 7.96. The number of aromatic nitrogens is 4. The van der Waals surface area contributed by atoms with Gasteiger partial charge >= 0.3 is 0 Å². The van der Waals surface area contributed by atoms with Crippen molar-refractivity contribution in [1.29, 1.82) is 0 Å². The maximum atomic E-state index is 12.8. The van der Waals surface area contributed by atoms with Crippen LogP contribution in [0.4, 0.5) is 4.39 Å². The molecule has 0 fully saturated rings. The van der Waals surface area contributed by atoms with Crippen LogP contribution in [0.5, 0.6) is 0 Å². The van der Waals surface area contributed by atoms with E-state index in [0.717, 1.165) is 5.56 Å². The van der Waals surface area contributed by atoms with Gasteiger partial charge in [0.25, 0.3) is 0 Å². The summed E-state index contributed by atoms with van der Waals surface area (Å²) in [7, 11) is 0. The van der Waals surface area contributed by atoms with Crippen LogP contribution in [0, 0.1) is 5.82 Å². The zero-order valence-corrected chi connectivity index (χ0v) is 11.0. The Morgan fingerprint density at radius 1 is 1.11 bits per heavy atom. The average Bonchev–Trinajstić information content (AvgIpc) is 2.76. The van der Waals surface area contributed by atoms with Crippen LogP contribution in [-0.4, -0.2) is 19.7 Å². The summed E-state index contributed by atoms with van der Waals surface area (Å²) in [6.07, 6.45) is 1.58. The third-order valence-corrected chi connectivity index (χ3v) is 3.13. The highest BCUT2D eigenvalue weighted by Gasteiger charge is 2.10. The number of hydrogen-bond acceptors (Lipinski definition) is 3. The van der Waals surface area contributed by atoms with E-state index in [4.69, 9.17) is 23.2 Å². The lowest BCUT2D eigenvalue weighted by Gasteiger charge is -2.03. The molecule has 0 bridgehead atoms. The maximum Gasteiger partial charge on any atom is 0.225 e. The summed E-state index contributed by atoms with van der Waals surface area (Å²) in [6, 6.07) is 6.17. The standard InChI is InChI=1S/C12H7Cl2FN4/c13-10-9-5-16-19(11(9)18-12(14)17-10)6-7-1-3-8(15)4-2-7/h1-5H,6H2. The SMILES string of the molecule is Fc1ccc(Cn2ncc3c(Cl)nc(Cl)nc32)cc1. The van der Waals surface area contributed by atoms with Gasteiger partial charge < -0.3 is 0 Å². The van der Waals surface area contributed by atoms with Gasteiger partial charge in [0.1, 0.15) is 11.0 Å². The van der Waals surface area contributed by atoms with E-state index in [2.05, 4.69) is 15.1 Å². The number of benzene rings is 1. The lowest BCUT2D eigenvalue weighted by atomic mass is 10.2. The van der Waals surface area contributed by atoms with Crippen LogP contribution < -0.4 is 0 Å². The van der Waals surface area contributed by atoms with Gasteiger partial charge in [-0.15, -0.1) is 0 Å². The fourth-order valence-electron chi connectivity index (χ4n) is 1.77. The lowest BCUT2D eigenvalue weighted by molar-refractivity contribution is 0.625. The van der Waals surface area contributed by atoms with Crippen LogP contribution in [0.2, 0.25) is 10.4 Å². The zero-order chi connectivity index (χ0) is 13.4. The molecule has 0 aliphatic carbocycles. The minimum Gasteiger partial charge on any atom is -0.243 e. The Kier molecular flexibility index (Phi) is 3.08. The van der Waals surface area contributed by atoms with Gasteiger partial charge in [0, 0.05) is 0 Å².